The van der Waals surface area contributed by atoms with Gasteiger partial charge in [-0.1, -0.05) is 0 Å². The Morgan fingerprint density at radius 1 is 0.733 bits per heavy atom. The van der Waals surface area contributed by atoms with Gasteiger partial charge in [0.2, 0.25) is 0 Å². The predicted octanol–water partition coefficient (Wildman–Crippen LogP) is 3.20. The second-order valence-corrected chi connectivity index (χ2v) is 5.37. The van der Waals surface area contributed by atoms with Gasteiger partial charge >= 0.3 is 101 Å². The van der Waals surface area contributed by atoms with Crippen LogP contribution in [0.4, 0.5) is 0 Å². The first-order valence-corrected chi connectivity index (χ1v) is 7.31. The van der Waals surface area contributed by atoms with Gasteiger partial charge in [0.05, 0.1) is 0 Å². The Morgan fingerprint density at radius 3 is 1.47 bits per heavy atom. The molecule has 0 saturated heterocycles. The van der Waals surface area contributed by atoms with Gasteiger partial charge in [-0.15, -0.1) is 0 Å². The van der Waals surface area contributed by atoms with E-state index in [9.17, 15) is 2.81 Å². The third kappa shape index (κ3) is 2.57. The molecule has 2 rings (SSSR count). The second kappa shape index (κ2) is 5.27. The molecular formula is C13H11OZr. The summed E-state index contributed by atoms with van der Waals surface area (Å²) in [5, 5.41) is 0. The zero-order valence-electron chi connectivity index (χ0n) is 8.26. The molecular weight excluding hydrogens is 263 g/mol. The Bertz CT molecular complexity index is 385. The van der Waals surface area contributed by atoms with Crippen molar-refractivity contribution in [1.29, 1.82) is 0 Å². The molecule has 0 spiro atoms. The average Bonchev–Trinajstić information content (AvgIpc) is 2.33. The monoisotopic (exact) mass is 273 g/mol. The standard InChI is InChI=1S/C13H11.O.Zr/c1-3-7-12(8-4-1)11-13-9-5-2-6-10-13;;/h1-11H;;. The fraction of sp³-hybridized carbons (Fsp3) is 0.0769. The summed E-state index contributed by atoms with van der Waals surface area (Å²) in [6, 6.07) is 20.2. The second-order valence-electron chi connectivity index (χ2n) is 3.37. The summed E-state index contributed by atoms with van der Waals surface area (Å²) in [5.41, 5.74) is 2.34. The van der Waals surface area contributed by atoms with Gasteiger partial charge in [0.25, 0.3) is 0 Å². The Morgan fingerprint density at radius 2 is 1.13 bits per heavy atom. The molecule has 0 aromatic heterocycles. The maximum atomic E-state index is 11.4. The normalized spacial score (nSPS) is 9.93. The molecule has 73 valence electrons. The SMILES string of the molecule is [O]=[Zr][CH](c1ccccc1)c1ccccc1. The van der Waals surface area contributed by atoms with E-state index in [1.165, 1.54) is 11.1 Å². The number of hydrogen-bond donors (Lipinski definition) is 0. The quantitative estimate of drug-likeness (QED) is 0.840. The van der Waals surface area contributed by atoms with Crippen molar-refractivity contribution in [3.05, 3.63) is 71.8 Å². The van der Waals surface area contributed by atoms with Gasteiger partial charge in [0, 0.05) is 0 Å². The third-order valence-electron chi connectivity index (χ3n) is 2.38. The molecule has 0 saturated carbocycles. The van der Waals surface area contributed by atoms with Crippen LogP contribution >= 0.6 is 0 Å². The van der Waals surface area contributed by atoms with E-state index in [0.717, 1.165) is 0 Å². The van der Waals surface area contributed by atoms with Crippen molar-refractivity contribution in [2.24, 2.45) is 0 Å². The molecule has 15 heavy (non-hydrogen) atoms. The van der Waals surface area contributed by atoms with Crippen molar-refractivity contribution in [1.82, 2.24) is 0 Å². The van der Waals surface area contributed by atoms with E-state index < -0.39 is 23.2 Å². The van der Waals surface area contributed by atoms with E-state index >= 15 is 0 Å². The van der Waals surface area contributed by atoms with Crippen molar-refractivity contribution in [3.8, 4) is 0 Å². The number of rotatable bonds is 3. The van der Waals surface area contributed by atoms with E-state index in [4.69, 9.17) is 0 Å². The Kier molecular flexibility index (Phi) is 3.74. The molecule has 0 heterocycles. The van der Waals surface area contributed by atoms with Crippen LogP contribution < -0.4 is 0 Å². The van der Waals surface area contributed by atoms with Crippen LogP contribution in [0.2, 0.25) is 0 Å². The molecule has 2 heteroatoms. The van der Waals surface area contributed by atoms with Gasteiger partial charge in [0.15, 0.2) is 0 Å². The van der Waals surface area contributed by atoms with Crippen molar-refractivity contribution in [3.63, 3.8) is 0 Å². The van der Waals surface area contributed by atoms with E-state index in [1.54, 1.807) is 0 Å². The summed E-state index contributed by atoms with van der Waals surface area (Å²) < 4.78 is 11.6. The first-order valence-electron chi connectivity index (χ1n) is 4.89. The van der Waals surface area contributed by atoms with Gasteiger partial charge in [-0.25, -0.2) is 0 Å². The molecule has 0 unspecified atom stereocenters. The van der Waals surface area contributed by atoms with Crippen LogP contribution in [0.1, 0.15) is 14.8 Å². The molecule has 0 atom stereocenters. The number of benzene rings is 2. The fourth-order valence-corrected chi connectivity index (χ4v) is 3.23. The minimum absolute atomic E-state index is 0.149. The van der Waals surface area contributed by atoms with Gasteiger partial charge in [0.1, 0.15) is 0 Å². The first-order chi connectivity index (χ1) is 7.42. The van der Waals surface area contributed by atoms with Crippen LogP contribution in [0.5, 0.6) is 0 Å². The predicted molar refractivity (Wildman–Crippen MR) is 55.4 cm³/mol. The molecule has 2 aromatic rings. The van der Waals surface area contributed by atoms with E-state index in [1.807, 2.05) is 36.4 Å². The van der Waals surface area contributed by atoms with Crippen molar-refractivity contribution < 1.29 is 26.1 Å². The molecule has 0 N–H and O–H groups in total. The molecule has 0 aliphatic rings. The third-order valence-corrected chi connectivity index (χ3v) is 4.60. The number of hydrogen-bond acceptors (Lipinski definition) is 1. The van der Waals surface area contributed by atoms with E-state index in [-0.39, 0.29) is 3.63 Å². The van der Waals surface area contributed by atoms with Gasteiger partial charge in [-0.3, -0.25) is 0 Å². The molecule has 0 radical (unpaired) electrons. The van der Waals surface area contributed by atoms with Crippen molar-refractivity contribution in [2.75, 3.05) is 0 Å². The van der Waals surface area contributed by atoms with Crippen LogP contribution in [0.15, 0.2) is 60.7 Å². The van der Waals surface area contributed by atoms with Crippen LogP contribution in [0.25, 0.3) is 0 Å². The summed E-state index contributed by atoms with van der Waals surface area (Å²) >= 11 is -1.59. The Hall–Kier alpha value is -0.877. The van der Waals surface area contributed by atoms with Crippen molar-refractivity contribution >= 4 is 0 Å². The van der Waals surface area contributed by atoms with Gasteiger partial charge in [-0.05, 0) is 0 Å². The molecule has 0 bridgehead atoms. The topological polar surface area (TPSA) is 17.1 Å². The summed E-state index contributed by atoms with van der Waals surface area (Å²) in [5.74, 6) is 0. The zero-order valence-corrected chi connectivity index (χ0v) is 10.7. The average molecular weight is 274 g/mol. The molecule has 1 nitrogen and oxygen atoms in total. The van der Waals surface area contributed by atoms with Crippen LogP contribution in [0.3, 0.4) is 0 Å². The molecule has 2 aromatic carbocycles. The molecule has 0 aliphatic heterocycles. The van der Waals surface area contributed by atoms with Crippen LogP contribution in [-0.2, 0) is 26.1 Å². The van der Waals surface area contributed by atoms with E-state index in [0.29, 0.717) is 0 Å². The summed E-state index contributed by atoms with van der Waals surface area (Å²) in [6.07, 6.45) is 0. The molecule has 0 aliphatic carbocycles. The molecule has 0 fully saturated rings. The van der Waals surface area contributed by atoms with Crippen molar-refractivity contribution in [2.45, 2.75) is 3.63 Å². The van der Waals surface area contributed by atoms with E-state index in [2.05, 4.69) is 24.3 Å². The van der Waals surface area contributed by atoms with Crippen LogP contribution in [0, 0.1) is 0 Å². The Labute approximate surface area is 101 Å². The minimum atomic E-state index is -1.59. The first kappa shape index (κ1) is 10.6. The summed E-state index contributed by atoms with van der Waals surface area (Å²) in [6.45, 7) is 0. The Balaban J connectivity index is 2.38. The fourth-order valence-electron chi connectivity index (χ4n) is 1.62. The zero-order chi connectivity index (χ0) is 10.5. The van der Waals surface area contributed by atoms with Gasteiger partial charge < -0.3 is 0 Å². The maximum absolute atomic E-state index is 11.4. The van der Waals surface area contributed by atoms with Gasteiger partial charge in [-0.2, -0.15) is 0 Å². The van der Waals surface area contributed by atoms with Crippen LogP contribution in [-0.4, -0.2) is 0 Å². The summed E-state index contributed by atoms with van der Waals surface area (Å²) in [7, 11) is 0. The molecule has 0 amide bonds. The summed E-state index contributed by atoms with van der Waals surface area (Å²) in [4.78, 5) is 0.